The van der Waals surface area contributed by atoms with Gasteiger partial charge < -0.3 is 20.7 Å². The van der Waals surface area contributed by atoms with Gasteiger partial charge in [0, 0.05) is 5.56 Å². The van der Waals surface area contributed by atoms with Gasteiger partial charge in [-0.2, -0.15) is 4.98 Å². The Hall–Kier alpha value is -2.74. The van der Waals surface area contributed by atoms with E-state index in [1.54, 1.807) is 12.0 Å². The number of benzene rings is 1. The van der Waals surface area contributed by atoms with E-state index >= 15 is 0 Å². The molecule has 6 N–H and O–H groups in total. The summed E-state index contributed by atoms with van der Waals surface area (Å²) in [5.74, 6) is 1.24. The largest absolute Gasteiger partial charge is 0.496 e. The molecular weight excluding hydrogens is 272 g/mol. The third kappa shape index (κ3) is 2.25. The average Bonchev–Trinajstić information content (AvgIpc) is 2.77. The average molecular weight is 288 g/mol. The Morgan fingerprint density at radius 3 is 2.95 bits per heavy atom. The lowest BCUT2D eigenvalue weighted by atomic mass is 10.2. The molecule has 1 atom stereocenters. The molecule has 0 amide bonds. The summed E-state index contributed by atoms with van der Waals surface area (Å²) in [5, 5.41) is 2.90. The Bertz CT molecular complexity index is 729. The number of hydrogen-bond acceptors (Lipinski definition) is 7. The van der Waals surface area contributed by atoms with Crippen LogP contribution in [-0.2, 0) is 6.54 Å². The van der Waals surface area contributed by atoms with Gasteiger partial charge in [0.05, 0.1) is 13.7 Å². The predicted octanol–water partition coefficient (Wildman–Crippen LogP) is 0.0351. The molecule has 1 aromatic heterocycles. The Labute approximate surface area is 120 Å². The molecule has 2 aromatic rings. The van der Waals surface area contributed by atoms with E-state index in [0.29, 0.717) is 18.1 Å². The highest BCUT2D eigenvalue weighted by Crippen LogP contribution is 2.31. The van der Waals surface area contributed by atoms with Crippen LogP contribution in [0.3, 0.4) is 0 Å². The van der Waals surface area contributed by atoms with Crippen molar-refractivity contribution in [2.75, 3.05) is 23.1 Å². The molecule has 0 fully saturated rings. The SMILES string of the molecule is COc1ccccc1CN1c2nc(N)[nH]c(=O)c2NC1N. The van der Waals surface area contributed by atoms with Crippen molar-refractivity contribution < 1.29 is 4.74 Å². The van der Waals surface area contributed by atoms with E-state index in [-0.39, 0.29) is 11.5 Å². The Morgan fingerprint density at radius 1 is 1.43 bits per heavy atom. The first-order chi connectivity index (χ1) is 10.1. The molecule has 1 aromatic carbocycles. The third-order valence-corrected chi connectivity index (χ3v) is 3.35. The van der Waals surface area contributed by atoms with E-state index in [9.17, 15) is 4.79 Å². The fourth-order valence-corrected chi connectivity index (χ4v) is 2.36. The number of nitrogen functional groups attached to an aromatic ring is 1. The van der Waals surface area contributed by atoms with Crippen LogP contribution in [0.15, 0.2) is 29.1 Å². The van der Waals surface area contributed by atoms with E-state index in [1.165, 1.54) is 0 Å². The highest BCUT2D eigenvalue weighted by molar-refractivity contribution is 5.72. The number of nitrogens with zero attached hydrogens (tertiary/aromatic N) is 2. The topological polar surface area (TPSA) is 122 Å². The third-order valence-electron chi connectivity index (χ3n) is 3.35. The van der Waals surface area contributed by atoms with Gasteiger partial charge >= 0.3 is 0 Å². The molecule has 3 rings (SSSR count). The van der Waals surface area contributed by atoms with Crippen molar-refractivity contribution in [2.45, 2.75) is 12.8 Å². The van der Waals surface area contributed by atoms with Crippen LogP contribution in [-0.4, -0.2) is 23.4 Å². The van der Waals surface area contributed by atoms with Gasteiger partial charge in [-0.05, 0) is 6.07 Å². The lowest BCUT2D eigenvalue weighted by molar-refractivity contribution is 0.408. The molecule has 0 bridgehead atoms. The smallest absolute Gasteiger partial charge is 0.277 e. The molecule has 8 heteroatoms. The first kappa shape index (κ1) is 13.3. The van der Waals surface area contributed by atoms with Gasteiger partial charge in [-0.1, -0.05) is 18.2 Å². The molecule has 0 saturated carbocycles. The quantitative estimate of drug-likeness (QED) is 0.628. The lowest BCUT2D eigenvalue weighted by Crippen LogP contribution is -2.43. The zero-order valence-corrected chi connectivity index (χ0v) is 11.5. The summed E-state index contributed by atoms with van der Waals surface area (Å²) in [7, 11) is 1.61. The number of para-hydroxylation sites is 1. The van der Waals surface area contributed by atoms with Crippen LogP contribution < -0.4 is 32.0 Å². The summed E-state index contributed by atoms with van der Waals surface area (Å²) in [6, 6.07) is 7.59. The minimum Gasteiger partial charge on any atom is -0.496 e. The minimum absolute atomic E-state index is 0.0553. The number of aromatic amines is 1. The minimum atomic E-state index is -0.555. The van der Waals surface area contributed by atoms with Crippen LogP contribution in [0, 0.1) is 0 Å². The van der Waals surface area contributed by atoms with Crippen molar-refractivity contribution in [2.24, 2.45) is 5.73 Å². The maximum absolute atomic E-state index is 11.9. The molecule has 1 unspecified atom stereocenters. The van der Waals surface area contributed by atoms with E-state index in [4.69, 9.17) is 16.2 Å². The second-order valence-corrected chi connectivity index (χ2v) is 4.68. The number of rotatable bonds is 3. The first-order valence-electron chi connectivity index (χ1n) is 6.40. The molecule has 0 saturated heterocycles. The van der Waals surface area contributed by atoms with Crippen molar-refractivity contribution in [3.8, 4) is 5.75 Å². The molecular formula is C13H16N6O2. The number of nitrogens with two attached hydrogens (primary N) is 2. The standard InChI is InChI=1S/C13H16N6O2/c1-21-8-5-3-2-4-7(8)6-19-10-9(16-13(19)15)11(20)18-12(14)17-10/h2-5,13,16H,6,15H2,1H3,(H3,14,17,18,20). The van der Waals surface area contributed by atoms with Gasteiger partial charge in [-0.3, -0.25) is 15.5 Å². The van der Waals surface area contributed by atoms with Gasteiger partial charge in [-0.25, -0.2) is 0 Å². The number of methoxy groups -OCH3 is 1. The van der Waals surface area contributed by atoms with Crippen LogP contribution in [0.25, 0.3) is 0 Å². The molecule has 1 aliphatic heterocycles. The summed E-state index contributed by atoms with van der Waals surface area (Å²) in [6.07, 6.45) is -0.555. The van der Waals surface area contributed by atoms with Gasteiger partial charge in [0.2, 0.25) is 5.95 Å². The zero-order chi connectivity index (χ0) is 15.0. The van der Waals surface area contributed by atoms with Crippen LogP contribution in [0.4, 0.5) is 17.5 Å². The van der Waals surface area contributed by atoms with Gasteiger partial charge in [0.15, 0.2) is 12.1 Å². The Kier molecular flexibility index (Phi) is 3.15. The van der Waals surface area contributed by atoms with Crippen molar-refractivity contribution in [3.63, 3.8) is 0 Å². The maximum Gasteiger partial charge on any atom is 0.277 e. The molecule has 1 aliphatic rings. The van der Waals surface area contributed by atoms with Crippen molar-refractivity contribution in [1.29, 1.82) is 0 Å². The summed E-state index contributed by atoms with van der Waals surface area (Å²) in [6.45, 7) is 0.446. The van der Waals surface area contributed by atoms with Gasteiger partial charge in [0.25, 0.3) is 5.56 Å². The second kappa shape index (κ2) is 4.98. The number of ether oxygens (including phenoxy) is 1. The Balaban J connectivity index is 2.00. The fraction of sp³-hybridized carbons (Fsp3) is 0.231. The first-order valence-corrected chi connectivity index (χ1v) is 6.40. The fourth-order valence-electron chi connectivity index (χ4n) is 2.36. The number of hydrogen-bond donors (Lipinski definition) is 4. The van der Waals surface area contributed by atoms with Crippen LogP contribution >= 0.6 is 0 Å². The number of fused-ring (bicyclic) bond motifs is 1. The van der Waals surface area contributed by atoms with E-state index in [1.807, 2.05) is 24.3 Å². The number of anilines is 3. The van der Waals surface area contributed by atoms with E-state index in [0.717, 1.165) is 11.3 Å². The summed E-state index contributed by atoms with van der Waals surface area (Å²) < 4.78 is 5.33. The van der Waals surface area contributed by atoms with E-state index < -0.39 is 6.29 Å². The van der Waals surface area contributed by atoms with Gasteiger partial charge in [-0.15, -0.1) is 0 Å². The monoisotopic (exact) mass is 288 g/mol. The Morgan fingerprint density at radius 2 is 2.19 bits per heavy atom. The van der Waals surface area contributed by atoms with Crippen LogP contribution in [0.5, 0.6) is 5.75 Å². The van der Waals surface area contributed by atoms with Crippen LogP contribution in [0.2, 0.25) is 0 Å². The molecule has 0 spiro atoms. The molecule has 2 heterocycles. The van der Waals surface area contributed by atoms with Crippen LogP contribution in [0.1, 0.15) is 5.56 Å². The normalized spacial score (nSPS) is 16.5. The number of H-pyrrole nitrogens is 1. The highest BCUT2D eigenvalue weighted by atomic mass is 16.5. The molecule has 0 radical (unpaired) electrons. The molecule has 110 valence electrons. The predicted molar refractivity (Wildman–Crippen MR) is 80.0 cm³/mol. The zero-order valence-electron chi connectivity index (χ0n) is 11.5. The lowest BCUT2D eigenvalue weighted by Gasteiger charge is -2.23. The van der Waals surface area contributed by atoms with Crippen molar-refractivity contribution in [3.05, 3.63) is 40.2 Å². The van der Waals surface area contributed by atoms with Gasteiger partial charge in [0.1, 0.15) is 11.4 Å². The molecule has 8 nitrogen and oxygen atoms in total. The second-order valence-electron chi connectivity index (χ2n) is 4.68. The van der Waals surface area contributed by atoms with Crippen molar-refractivity contribution in [1.82, 2.24) is 9.97 Å². The highest BCUT2D eigenvalue weighted by Gasteiger charge is 2.30. The number of nitrogens with one attached hydrogen (secondary N) is 2. The molecule has 0 aliphatic carbocycles. The van der Waals surface area contributed by atoms with Crippen molar-refractivity contribution >= 4 is 17.5 Å². The summed E-state index contributed by atoms with van der Waals surface area (Å²) in [4.78, 5) is 20.2. The molecule has 21 heavy (non-hydrogen) atoms. The summed E-state index contributed by atoms with van der Waals surface area (Å²) >= 11 is 0. The summed E-state index contributed by atoms with van der Waals surface area (Å²) in [5.41, 5.74) is 12.6. The number of aromatic nitrogens is 2. The maximum atomic E-state index is 11.9. The van der Waals surface area contributed by atoms with E-state index in [2.05, 4.69) is 15.3 Å².